The Labute approximate surface area is 216 Å². The van der Waals surface area contributed by atoms with E-state index in [9.17, 15) is 9.90 Å². The third kappa shape index (κ3) is 4.17. The summed E-state index contributed by atoms with van der Waals surface area (Å²) < 4.78 is 11.1. The maximum absolute atomic E-state index is 13.1. The van der Waals surface area contributed by atoms with Crippen molar-refractivity contribution in [3.63, 3.8) is 0 Å². The highest BCUT2D eigenvalue weighted by atomic mass is 35.5. The van der Waals surface area contributed by atoms with Crippen molar-refractivity contribution in [3.8, 4) is 0 Å². The van der Waals surface area contributed by atoms with Crippen LogP contribution in [-0.4, -0.2) is 85.1 Å². The van der Waals surface area contributed by atoms with E-state index in [1.54, 1.807) is 6.20 Å². The number of amides is 1. The highest BCUT2D eigenvalue weighted by Gasteiger charge is 2.51. The molecule has 4 fully saturated rings. The molecular weight excluding hydrogens is 480 g/mol. The number of anilines is 2. The number of benzene rings is 1. The van der Waals surface area contributed by atoms with Gasteiger partial charge in [-0.3, -0.25) is 9.69 Å². The summed E-state index contributed by atoms with van der Waals surface area (Å²) in [5.41, 5.74) is 0.766. The lowest BCUT2D eigenvalue weighted by atomic mass is 9.56. The van der Waals surface area contributed by atoms with E-state index in [-0.39, 0.29) is 22.8 Å². The van der Waals surface area contributed by atoms with Crippen LogP contribution in [0.1, 0.15) is 32.6 Å². The summed E-state index contributed by atoms with van der Waals surface area (Å²) in [5, 5.41) is 16.2. The summed E-state index contributed by atoms with van der Waals surface area (Å²) >= 11 is 6.70. The number of ether oxygens (including phenoxy) is 2. The quantitative estimate of drug-likeness (QED) is 0.647. The fraction of sp³-hybridized carbons (Fsp3) is 0.630. The van der Waals surface area contributed by atoms with Crippen LogP contribution in [0.2, 0.25) is 5.02 Å². The number of fused-ring (bicyclic) bond motifs is 1. The average Bonchev–Trinajstić information content (AvgIpc) is 3.22. The van der Waals surface area contributed by atoms with Crippen LogP contribution in [0.25, 0.3) is 10.8 Å². The van der Waals surface area contributed by atoms with E-state index >= 15 is 0 Å². The molecule has 1 aromatic heterocycles. The molecular formula is C27H35ClN4O4. The monoisotopic (exact) mass is 514 g/mol. The third-order valence-electron chi connectivity index (χ3n) is 9.24. The molecule has 2 N–H and O–H groups in total. The van der Waals surface area contributed by atoms with Gasteiger partial charge in [0.15, 0.2) is 0 Å². The number of aliphatic hydroxyl groups is 1. The van der Waals surface area contributed by atoms with Crippen LogP contribution >= 0.6 is 11.6 Å². The number of nitrogens with zero attached hydrogens (tertiary/aromatic N) is 3. The van der Waals surface area contributed by atoms with Crippen molar-refractivity contribution in [1.82, 2.24) is 9.88 Å². The number of hydrogen-bond donors (Lipinski definition) is 2. The summed E-state index contributed by atoms with van der Waals surface area (Å²) in [4.78, 5) is 22.2. The summed E-state index contributed by atoms with van der Waals surface area (Å²) in [6.45, 7) is 7.84. The van der Waals surface area contributed by atoms with Gasteiger partial charge in [-0.2, -0.15) is 0 Å². The van der Waals surface area contributed by atoms with Gasteiger partial charge in [-0.15, -0.1) is 0 Å². The summed E-state index contributed by atoms with van der Waals surface area (Å²) in [5.74, 6) is 0.705. The number of pyridine rings is 1. The molecule has 3 saturated heterocycles. The minimum Gasteiger partial charge on any atom is -0.389 e. The molecule has 36 heavy (non-hydrogen) atoms. The second kappa shape index (κ2) is 9.40. The molecule has 0 unspecified atom stereocenters. The molecule has 9 heteroatoms. The van der Waals surface area contributed by atoms with Gasteiger partial charge < -0.3 is 24.8 Å². The largest absolute Gasteiger partial charge is 0.389 e. The lowest BCUT2D eigenvalue weighted by Gasteiger charge is -2.50. The molecule has 0 bridgehead atoms. The Hall–Kier alpha value is -1.97. The van der Waals surface area contributed by atoms with Gasteiger partial charge in [0.2, 0.25) is 5.91 Å². The summed E-state index contributed by atoms with van der Waals surface area (Å²) in [6, 6.07) is 6.01. The van der Waals surface area contributed by atoms with Gasteiger partial charge in [-0.05, 0) is 61.6 Å². The molecule has 1 aliphatic carbocycles. The van der Waals surface area contributed by atoms with Gasteiger partial charge in [-0.1, -0.05) is 11.6 Å². The van der Waals surface area contributed by atoms with E-state index in [0.29, 0.717) is 24.1 Å². The van der Waals surface area contributed by atoms with Crippen molar-refractivity contribution in [3.05, 3.63) is 29.4 Å². The van der Waals surface area contributed by atoms with Crippen LogP contribution in [0.15, 0.2) is 24.4 Å². The number of aromatic nitrogens is 1. The zero-order chi connectivity index (χ0) is 24.9. The lowest BCUT2D eigenvalue weighted by Crippen LogP contribution is -2.60. The van der Waals surface area contributed by atoms with Gasteiger partial charge in [0.25, 0.3) is 0 Å². The molecule has 1 aromatic carbocycles. The van der Waals surface area contributed by atoms with E-state index in [4.69, 9.17) is 21.1 Å². The highest BCUT2D eigenvalue weighted by Crippen LogP contribution is 2.53. The van der Waals surface area contributed by atoms with E-state index in [1.165, 1.54) is 0 Å². The molecule has 4 aliphatic rings. The van der Waals surface area contributed by atoms with Gasteiger partial charge in [-0.25, -0.2) is 4.98 Å². The standard InChI is InChI=1S/C27H35ClN4O4/c1-26(17-36-16-23(26)33)32-8-6-31(7-9-32)22-13-18-14-24(29-15-19(18)12-21(22)28)30-25(34)20-2-3-27(20)4-10-35-11-5-27/h12-15,20,23,33H,2-11,16-17H2,1H3,(H,29,30,34)/t20-,23+,26-/m1/s1. The molecule has 1 amide bonds. The van der Waals surface area contributed by atoms with E-state index in [0.717, 1.165) is 81.5 Å². The first-order valence-electron chi connectivity index (χ1n) is 13.1. The van der Waals surface area contributed by atoms with Gasteiger partial charge in [0.1, 0.15) is 5.82 Å². The number of carbonyl (C=O) groups is 1. The SMILES string of the molecule is C[C@@]1(N2CCN(c3cc4cc(NC(=O)[C@H]5CCC56CCOCC6)ncc4cc3Cl)CC2)COC[C@@H]1O. The summed E-state index contributed by atoms with van der Waals surface area (Å²) in [7, 11) is 0. The highest BCUT2D eigenvalue weighted by molar-refractivity contribution is 6.34. The maximum Gasteiger partial charge on any atom is 0.229 e. The Kier molecular flexibility index (Phi) is 6.37. The van der Waals surface area contributed by atoms with Gasteiger partial charge >= 0.3 is 0 Å². The first-order valence-corrected chi connectivity index (χ1v) is 13.5. The Bertz CT molecular complexity index is 1150. The van der Waals surface area contributed by atoms with Crippen molar-refractivity contribution in [2.75, 3.05) is 62.8 Å². The number of piperazine rings is 1. The fourth-order valence-corrected chi connectivity index (χ4v) is 6.87. The Balaban J connectivity index is 1.16. The lowest BCUT2D eigenvalue weighted by molar-refractivity contribution is -0.138. The molecule has 1 spiro atoms. The molecule has 2 aromatic rings. The van der Waals surface area contributed by atoms with Crippen molar-refractivity contribution in [2.45, 2.75) is 44.2 Å². The topological polar surface area (TPSA) is 87.2 Å². The maximum atomic E-state index is 13.1. The zero-order valence-electron chi connectivity index (χ0n) is 20.8. The molecule has 8 nitrogen and oxygen atoms in total. The number of carbonyl (C=O) groups excluding carboxylic acids is 1. The van der Waals surface area contributed by atoms with E-state index in [2.05, 4.69) is 33.1 Å². The number of halogens is 1. The summed E-state index contributed by atoms with van der Waals surface area (Å²) in [6.07, 6.45) is 5.31. The van der Waals surface area contributed by atoms with Crippen molar-refractivity contribution >= 4 is 39.8 Å². The predicted molar refractivity (Wildman–Crippen MR) is 140 cm³/mol. The molecule has 3 aliphatic heterocycles. The number of rotatable bonds is 4. The molecule has 6 rings (SSSR count). The second-order valence-electron chi connectivity index (χ2n) is 11.1. The molecule has 4 heterocycles. The van der Waals surface area contributed by atoms with Crippen LogP contribution in [0.5, 0.6) is 0 Å². The molecule has 194 valence electrons. The van der Waals surface area contributed by atoms with Gasteiger partial charge in [0, 0.05) is 56.9 Å². The smallest absolute Gasteiger partial charge is 0.229 e. The first-order chi connectivity index (χ1) is 17.4. The molecule has 1 saturated carbocycles. The number of aliphatic hydroxyl groups excluding tert-OH is 1. The third-order valence-corrected chi connectivity index (χ3v) is 9.55. The predicted octanol–water partition coefficient (Wildman–Crippen LogP) is 3.31. The Morgan fingerprint density at radius 1 is 1.11 bits per heavy atom. The van der Waals surface area contributed by atoms with Crippen LogP contribution in [0.4, 0.5) is 11.5 Å². The Morgan fingerprint density at radius 2 is 1.89 bits per heavy atom. The van der Waals surface area contributed by atoms with Crippen molar-refractivity contribution < 1.29 is 19.4 Å². The van der Waals surface area contributed by atoms with Crippen LogP contribution in [0, 0.1) is 11.3 Å². The number of nitrogens with one attached hydrogen (secondary N) is 1. The van der Waals surface area contributed by atoms with Gasteiger partial charge in [0.05, 0.1) is 35.6 Å². The van der Waals surface area contributed by atoms with Crippen LogP contribution < -0.4 is 10.2 Å². The van der Waals surface area contributed by atoms with Crippen LogP contribution in [-0.2, 0) is 14.3 Å². The van der Waals surface area contributed by atoms with Crippen LogP contribution in [0.3, 0.4) is 0 Å². The Morgan fingerprint density at radius 3 is 2.56 bits per heavy atom. The van der Waals surface area contributed by atoms with Crippen molar-refractivity contribution in [1.29, 1.82) is 0 Å². The van der Waals surface area contributed by atoms with E-state index < -0.39 is 6.10 Å². The molecule has 0 radical (unpaired) electrons. The normalized spacial score (nSPS) is 30.5. The van der Waals surface area contributed by atoms with E-state index in [1.807, 2.05) is 12.1 Å². The number of hydrogen-bond acceptors (Lipinski definition) is 7. The fourth-order valence-electron chi connectivity index (χ4n) is 6.57. The second-order valence-corrected chi connectivity index (χ2v) is 11.5. The first kappa shape index (κ1) is 24.4. The zero-order valence-corrected chi connectivity index (χ0v) is 21.6. The minimum atomic E-state index is -0.462. The average molecular weight is 515 g/mol. The molecule has 3 atom stereocenters. The van der Waals surface area contributed by atoms with Crippen molar-refractivity contribution in [2.24, 2.45) is 11.3 Å². The minimum absolute atomic E-state index is 0.0432.